The van der Waals surface area contributed by atoms with Crippen LogP contribution in [0, 0.1) is 0 Å². The fourth-order valence-corrected chi connectivity index (χ4v) is 0.776. The SMILES string of the molecule is OC1COCC(O)COC1. The Kier molecular flexibility index (Phi) is 3.08. The highest BCUT2D eigenvalue weighted by molar-refractivity contribution is 4.59. The van der Waals surface area contributed by atoms with Crippen LogP contribution in [0.1, 0.15) is 0 Å². The van der Waals surface area contributed by atoms with Crippen molar-refractivity contribution in [1.82, 2.24) is 0 Å². The Hall–Kier alpha value is -0.160. The molecule has 0 atom stereocenters. The average molecular weight is 148 g/mol. The van der Waals surface area contributed by atoms with Gasteiger partial charge in [-0.1, -0.05) is 0 Å². The molecule has 1 saturated heterocycles. The molecule has 0 aromatic heterocycles. The summed E-state index contributed by atoms with van der Waals surface area (Å²) in [5.41, 5.74) is 0. The zero-order chi connectivity index (χ0) is 7.40. The van der Waals surface area contributed by atoms with Gasteiger partial charge >= 0.3 is 0 Å². The van der Waals surface area contributed by atoms with Crippen molar-refractivity contribution in [2.75, 3.05) is 26.4 Å². The summed E-state index contributed by atoms with van der Waals surface area (Å²) >= 11 is 0. The van der Waals surface area contributed by atoms with Gasteiger partial charge in [0.1, 0.15) is 12.2 Å². The van der Waals surface area contributed by atoms with Crippen molar-refractivity contribution in [1.29, 1.82) is 0 Å². The summed E-state index contributed by atoms with van der Waals surface area (Å²) in [6.07, 6.45) is -1.10. The molecule has 0 bridgehead atoms. The third-order valence-electron chi connectivity index (χ3n) is 1.24. The maximum Gasteiger partial charge on any atom is 0.101 e. The molecule has 1 aliphatic heterocycles. The van der Waals surface area contributed by atoms with Gasteiger partial charge in [0.25, 0.3) is 0 Å². The van der Waals surface area contributed by atoms with Crippen LogP contribution in [0.2, 0.25) is 0 Å². The third-order valence-corrected chi connectivity index (χ3v) is 1.24. The Morgan fingerprint density at radius 3 is 1.40 bits per heavy atom. The Morgan fingerprint density at radius 2 is 1.10 bits per heavy atom. The lowest BCUT2D eigenvalue weighted by molar-refractivity contribution is -0.0936. The molecule has 0 aliphatic carbocycles. The van der Waals surface area contributed by atoms with Crippen LogP contribution in [-0.4, -0.2) is 48.8 Å². The molecule has 10 heavy (non-hydrogen) atoms. The van der Waals surface area contributed by atoms with E-state index in [9.17, 15) is 0 Å². The second-order valence-electron chi connectivity index (χ2n) is 2.38. The minimum Gasteiger partial charge on any atom is -0.388 e. The molecule has 1 fully saturated rings. The molecule has 4 nitrogen and oxygen atoms in total. The highest BCUT2D eigenvalue weighted by atomic mass is 16.5. The Labute approximate surface area is 59.4 Å². The first-order chi connectivity index (χ1) is 4.79. The van der Waals surface area contributed by atoms with Crippen molar-refractivity contribution in [3.05, 3.63) is 0 Å². The summed E-state index contributed by atoms with van der Waals surface area (Å²) in [6, 6.07) is 0. The molecule has 0 amide bonds. The van der Waals surface area contributed by atoms with E-state index in [0.717, 1.165) is 0 Å². The molecule has 0 aromatic carbocycles. The van der Waals surface area contributed by atoms with Crippen LogP contribution >= 0.6 is 0 Å². The third kappa shape index (κ3) is 2.62. The molecule has 0 spiro atoms. The van der Waals surface area contributed by atoms with Gasteiger partial charge in [0.2, 0.25) is 0 Å². The summed E-state index contributed by atoms with van der Waals surface area (Å²) in [4.78, 5) is 0. The molecule has 0 saturated carbocycles. The first-order valence-electron chi connectivity index (χ1n) is 3.30. The van der Waals surface area contributed by atoms with E-state index < -0.39 is 12.2 Å². The van der Waals surface area contributed by atoms with E-state index in [4.69, 9.17) is 19.7 Å². The molecule has 0 unspecified atom stereocenters. The molecule has 4 heteroatoms. The van der Waals surface area contributed by atoms with Crippen LogP contribution in [0.15, 0.2) is 0 Å². The van der Waals surface area contributed by atoms with Crippen molar-refractivity contribution < 1.29 is 19.7 Å². The van der Waals surface area contributed by atoms with Gasteiger partial charge in [-0.25, -0.2) is 0 Å². The predicted molar refractivity (Wildman–Crippen MR) is 33.7 cm³/mol. The van der Waals surface area contributed by atoms with Gasteiger partial charge in [-0.3, -0.25) is 0 Å². The van der Waals surface area contributed by atoms with E-state index in [0.29, 0.717) is 0 Å². The van der Waals surface area contributed by atoms with Crippen molar-refractivity contribution in [3.8, 4) is 0 Å². The van der Waals surface area contributed by atoms with E-state index >= 15 is 0 Å². The predicted octanol–water partition coefficient (Wildman–Crippen LogP) is -1.24. The molecule has 1 aliphatic rings. The van der Waals surface area contributed by atoms with Gasteiger partial charge < -0.3 is 19.7 Å². The molecule has 2 N–H and O–H groups in total. The quantitative estimate of drug-likeness (QED) is 0.451. The van der Waals surface area contributed by atoms with E-state index in [1.54, 1.807) is 0 Å². The summed E-state index contributed by atoms with van der Waals surface area (Å²) in [7, 11) is 0. The van der Waals surface area contributed by atoms with E-state index in [2.05, 4.69) is 0 Å². The van der Waals surface area contributed by atoms with Gasteiger partial charge in [-0.2, -0.15) is 0 Å². The van der Waals surface area contributed by atoms with E-state index in [-0.39, 0.29) is 26.4 Å². The Balaban J connectivity index is 2.21. The number of rotatable bonds is 0. The van der Waals surface area contributed by atoms with Gasteiger partial charge in [0.15, 0.2) is 0 Å². The fraction of sp³-hybridized carbons (Fsp3) is 1.00. The van der Waals surface area contributed by atoms with Crippen LogP contribution in [0.25, 0.3) is 0 Å². The maximum atomic E-state index is 8.97. The van der Waals surface area contributed by atoms with Crippen molar-refractivity contribution in [2.24, 2.45) is 0 Å². The first-order valence-corrected chi connectivity index (χ1v) is 3.30. The molecule has 1 rings (SSSR count). The lowest BCUT2D eigenvalue weighted by Crippen LogP contribution is -2.32. The minimum atomic E-state index is -0.549. The topological polar surface area (TPSA) is 58.9 Å². The highest BCUT2D eigenvalue weighted by Gasteiger charge is 2.12. The Bertz CT molecular complexity index is 75.7. The van der Waals surface area contributed by atoms with Gasteiger partial charge in [-0.15, -0.1) is 0 Å². The normalized spacial score (nSPS) is 36.6. The van der Waals surface area contributed by atoms with Gasteiger partial charge in [0, 0.05) is 0 Å². The molecule has 0 radical (unpaired) electrons. The van der Waals surface area contributed by atoms with Gasteiger partial charge in [0.05, 0.1) is 26.4 Å². The van der Waals surface area contributed by atoms with Gasteiger partial charge in [-0.05, 0) is 0 Å². The molecule has 60 valence electrons. The lowest BCUT2D eigenvalue weighted by Gasteiger charge is -2.18. The lowest BCUT2D eigenvalue weighted by atomic mass is 10.3. The second kappa shape index (κ2) is 3.88. The summed E-state index contributed by atoms with van der Waals surface area (Å²) < 4.78 is 9.84. The van der Waals surface area contributed by atoms with Crippen LogP contribution in [-0.2, 0) is 9.47 Å². The first kappa shape index (κ1) is 7.94. The zero-order valence-electron chi connectivity index (χ0n) is 5.69. The summed E-state index contributed by atoms with van der Waals surface area (Å²) in [6.45, 7) is 0.988. The number of ether oxygens (including phenoxy) is 2. The zero-order valence-corrected chi connectivity index (χ0v) is 5.69. The molecular formula is C6H12O4. The van der Waals surface area contributed by atoms with E-state index in [1.165, 1.54) is 0 Å². The average Bonchev–Trinajstić information content (AvgIpc) is 1.84. The standard InChI is InChI=1S/C6H12O4/c7-5-1-9-3-6(8)4-10-2-5/h5-8H,1-4H2. The number of aliphatic hydroxyl groups is 2. The smallest absolute Gasteiger partial charge is 0.101 e. The van der Waals surface area contributed by atoms with Crippen LogP contribution < -0.4 is 0 Å². The van der Waals surface area contributed by atoms with Crippen molar-refractivity contribution >= 4 is 0 Å². The fourth-order valence-electron chi connectivity index (χ4n) is 0.776. The highest BCUT2D eigenvalue weighted by Crippen LogP contribution is 1.96. The van der Waals surface area contributed by atoms with Crippen molar-refractivity contribution in [2.45, 2.75) is 12.2 Å². The molecular weight excluding hydrogens is 136 g/mol. The number of hydrogen-bond donors (Lipinski definition) is 2. The van der Waals surface area contributed by atoms with E-state index in [1.807, 2.05) is 0 Å². The summed E-state index contributed by atoms with van der Waals surface area (Å²) in [5, 5.41) is 17.9. The monoisotopic (exact) mass is 148 g/mol. The van der Waals surface area contributed by atoms with Crippen LogP contribution in [0.5, 0.6) is 0 Å². The van der Waals surface area contributed by atoms with Crippen LogP contribution in [0.3, 0.4) is 0 Å². The molecule has 0 aromatic rings. The molecule has 1 heterocycles. The minimum absolute atomic E-state index is 0.247. The number of hydrogen-bond acceptors (Lipinski definition) is 4. The Morgan fingerprint density at radius 1 is 0.800 bits per heavy atom. The van der Waals surface area contributed by atoms with Crippen molar-refractivity contribution in [3.63, 3.8) is 0 Å². The largest absolute Gasteiger partial charge is 0.388 e. The maximum absolute atomic E-state index is 8.97. The van der Waals surface area contributed by atoms with Crippen LogP contribution in [0.4, 0.5) is 0 Å². The second-order valence-corrected chi connectivity index (χ2v) is 2.38. The summed E-state index contributed by atoms with van der Waals surface area (Å²) in [5.74, 6) is 0. The number of aliphatic hydroxyl groups excluding tert-OH is 2.